The van der Waals surface area contributed by atoms with E-state index >= 15 is 0 Å². The maximum Gasteiger partial charge on any atom is 0.317 e. The Balaban J connectivity index is 1.08. The van der Waals surface area contributed by atoms with E-state index in [4.69, 9.17) is 0 Å². The van der Waals surface area contributed by atoms with Gasteiger partial charge in [0, 0.05) is 43.4 Å². The van der Waals surface area contributed by atoms with Crippen molar-refractivity contribution in [2.45, 2.75) is 19.4 Å². The molecule has 0 bridgehead atoms. The van der Waals surface area contributed by atoms with Crippen molar-refractivity contribution in [3.05, 3.63) is 111 Å². The number of H-pyrrole nitrogens is 1. The number of benzene rings is 3. The Kier molecular flexibility index (Phi) is 6.13. The third kappa shape index (κ3) is 4.65. The Morgan fingerprint density at radius 1 is 0.974 bits per heavy atom. The van der Waals surface area contributed by atoms with Crippen molar-refractivity contribution in [1.29, 1.82) is 0 Å². The lowest BCUT2D eigenvalue weighted by molar-refractivity contribution is -0.0782. The molecular weight excluding hydrogens is 497 g/mol. The molecule has 1 spiro atoms. The van der Waals surface area contributed by atoms with Crippen molar-refractivity contribution in [2.24, 2.45) is 5.41 Å². The van der Waals surface area contributed by atoms with E-state index in [2.05, 4.69) is 15.5 Å². The van der Waals surface area contributed by atoms with E-state index in [1.807, 2.05) is 49.4 Å². The minimum atomic E-state index is -0.575. The molecule has 4 aromatic rings. The number of carbonyl (C=O) groups excluding carboxylic acids is 2. The number of halogens is 1. The number of fused-ring (bicyclic) bond motifs is 1. The number of nitrogens with zero attached hydrogens (tertiary/aromatic N) is 3. The van der Waals surface area contributed by atoms with E-state index in [0.29, 0.717) is 43.7 Å². The zero-order chi connectivity index (χ0) is 27.1. The van der Waals surface area contributed by atoms with E-state index in [1.54, 1.807) is 34.1 Å². The first-order chi connectivity index (χ1) is 18.8. The summed E-state index contributed by atoms with van der Waals surface area (Å²) in [4.78, 5) is 41.3. The van der Waals surface area contributed by atoms with Gasteiger partial charge in [-0.15, -0.1) is 0 Å². The summed E-state index contributed by atoms with van der Waals surface area (Å²) in [5.41, 5.74) is 2.02. The molecule has 3 amide bonds. The molecule has 0 saturated carbocycles. The highest BCUT2D eigenvalue weighted by Crippen LogP contribution is 2.40. The summed E-state index contributed by atoms with van der Waals surface area (Å²) in [6, 6.07) is 21.2. The van der Waals surface area contributed by atoms with Crippen LogP contribution in [0.15, 0.2) is 77.6 Å². The van der Waals surface area contributed by atoms with Gasteiger partial charge in [0.2, 0.25) is 0 Å². The van der Waals surface area contributed by atoms with Crippen molar-refractivity contribution in [2.75, 3.05) is 26.2 Å². The van der Waals surface area contributed by atoms with Crippen LogP contribution in [0.3, 0.4) is 0 Å². The summed E-state index contributed by atoms with van der Waals surface area (Å²) in [5.74, 6) is -0.937. The zero-order valence-electron chi connectivity index (χ0n) is 21.5. The minimum absolute atomic E-state index is 0.0155. The number of carbonyl (C=O) groups is 2. The number of aromatic amines is 1. The first-order valence-corrected chi connectivity index (χ1v) is 13.0. The van der Waals surface area contributed by atoms with Crippen LogP contribution in [0.4, 0.5) is 9.18 Å². The number of rotatable bonds is 5. The van der Waals surface area contributed by atoms with Crippen LogP contribution in [0.25, 0.3) is 10.8 Å². The van der Waals surface area contributed by atoms with E-state index < -0.39 is 5.82 Å². The number of urea groups is 1. The third-order valence-corrected chi connectivity index (χ3v) is 7.73. The predicted molar refractivity (Wildman–Crippen MR) is 145 cm³/mol. The Hall–Kier alpha value is -4.53. The van der Waals surface area contributed by atoms with Gasteiger partial charge in [-0.3, -0.25) is 9.59 Å². The SMILES string of the molecule is C[C@@H](NC(=O)N1CC2(C1)CN(C(=O)c1cc(Cc3n[nH]c(=O)c4ccccc34)ccc1F)C2)c1ccccc1. The van der Waals surface area contributed by atoms with Crippen molar-refractivity contribution < 1.29 is 14.0 Å². The highest BCUT2D eigenvalue weighted by atomic mass is 19.1. The zero-order valence-corrected chi connectivity index (χ0v) is 21.5. The molecule has 39 heavy (non-hydrogen) atoms. The molecule has 1 aromatic heterocycles. The molecule has 2 fully saturated rings. The lowest BCUT2D eigenvalue weighted by Crippen LogP contribution is -2.74. The van der Waals surface area contributed by atoms with Gasteiger partial charge in [-0.2, -0.15) is 5.10 Å². The molecule has 2 aliphatic rings. The van der Waals surface area contributed by atoms with Gasteiger partial charge in [0.25, 0.3) is 11.5 Å². The molecule has 198 valence electrons. The number of hydrogen-bond acceptors (Lipinski definition) is 4. The molecule has 1 atom stereocenters. The summed E-state index contributed by atoms with van der Waals surface area (Å²) in [6.45, 7) is 4.05. The number of aromatic nitrogens is 2. The van der Waals surface area contributed by atoms with Crippen molar-refractivity contribution in [3.63, 3.8) is 0 Å². The monoisotopic (exact) mass is 525 g/mol. The first kappa shape index (κ1) is 24.8. The van der Waals surface area contributed by atoms with Gasteiger partial charge in [0.1, 0.15) is 5.82 Å². The van der Waals surface area contributed by atoms with Crippen LogP contribution in [0.1, 0.15) is 40.1 Å². The lowest BCUT2D eigenvalue weighted by atomic mass is 9.72. The number of likely N-dealkylation sites (tertiary alicyclic amines) is 2. The second-order valence-electron chi connectivity index (χ2n) is 10.6. The Morgan fingerprint density at radius 2 is 1.64 bits per heavy atom. The molecule has 9 heteroatoms. The van der Waals surface area contributed by atoms with Gasteiger partial charge >= 0.3 is 6.03 Å². The van der Waals surface area contributed by atoms with Gasteiger partial charge in [-0.25, -0.2) is 14.3 Å². The number of hydrogen-bond donors (Lipinski definition) is 2. The molecule has 3 aromatic carbocycles. The average molecular weight is 526 g/mol. The lowest BCUT2D eigenvalue weighted by Gasteiger charge is -2.60. The maximum atomic E-state index is 14.7. The van der Waals surface area contributed by atoms with Crippen molar-refractivity contribution in [3.8, 4) is 0 Å². The van der Waals surface area contributed by atoms with Gasteiger partial charge in [0.05, 0.1) is 22.7 Å². The summed E-state index contributed by atoms with van der Waals surface area (Å²) in [5, 5.41) is 11.0. The van der Waals surface area contributed by atoms with Crippen molar-refractivity contribution >= 4 is 22.7 Å². The van der Waals surface area contributed by atoms with Gasteiger partial charge < -0.3 is 15.1 Å². The summed E-state index contributed by atoms with van der Waals surface area (Å²) in [7, 11) is 0. The Labute approximate surface area is 224 Å². The fourth-order valence-corrected chi connectivity index (χ4v) is 5.63. The Morgan fingerprint density at radius 3 is 2.38 bits per heavy atom. The van der Waals surface area contributed by atoms with E-state index in [9.17, 15) is 18.8 Å². The second-order valence-corrected chi connectivity index (χ2v) is 10.6. The van der Waals surface area contributed by atoms with Crippen LogP contribution < -0.4 is 10.9 Å². The quantitative estimate of drug-likeness (QED) is 0.413. The minimum Gasteiger partial charge on any atom is -0.337 e. The predicted octanol–water partition coefficient (Wildman–Crippen LogP) is 3.88. The van der Waals surface area contributed by atoms with Crippen LogP contribution in [-0.4, -0.2) is 58.1 Å². The van der Waals surface area contributed by atoms with E-state index in [0.717, 1.165) is 16.5 Å². The topological polar surface area (TPSA) is 98.4 Å². The third-order valence-electron chi connectivity index (χ3n) is 7.73. The smallest absolute Gasteiger partial charge is 0.317 e. The number of amides is 3. The van der Waals surface area contributed by atoms with Gasteiger partial charge in [-0.1, -0.05) is 54.6 Å². The highest BCUT2D eigenvalue weighted by molar-refractivity contribution is 5.95. The Bertz CT molecular complexity index is 1620. The molecule has 2 saturated heterocycles. The van der Waals surface area contributed by atoms with Crippen LogP contribution in [0, 0.1) is 11.2 Å². The first-order valence-electron chi connectivity index (χ1n) is 13.0. The maximum absolute atomic E-state index is 14.7. The van der Waals surface area contributed by atoms with E-state index in [1.165, 1.54) is 6.07 Å². The molecule has 2 N–H and O–H groups in total. The molecule has 2 aliphatic heterocycles. The molecule has 0 radical (unpaired) electrons. The summed E-state index contributed by atoms with van der Waals surface area (Å²) >= 11 is 0. The van der Waals surface area contributed by atoms with Crippen LogP contribution in [0.2, 0.25) is 0 Å². The summed E-state index contributed by atoms with van der Waals surface area (Å²) < 4.78 is 14.7. The molecule has 8 nitrogen and oxygen atoms in total. The average Bonchev–Trinajstić information content (AvgIpc) is 2.90. The van der Waals surface area contributed by atoms with Crippen LogP contribution in [-0.2, 0) is 6.42 Å². The molecule has 6 rings (SSSR count). The van der Waals surface area contributed by atoms with Crippen LogP contribution >= 0.6 is 0 Å². The molecular formula is C30H28FN5O3. The van der Waals surface area contributed by atoms with Crippen LogP contribution in [0.5, 0.6) is 0 Å². The standard InChI is InChI=1S/C30H28FN5O3/c1-19(21-7-3-2-4-8-21)32-29(39)36-17-30(18-36)15-35(16-30)28(38)24-13-20(11-12-25(24)31)14-26-22-9-5-6-10-23(22)27(37)34-33-26/h2-13,19H,14-18H2,1H3,(H,32,39)(H,34,37)/t19-/m1/s1. The molecule has 0 aliphatic carbocycles. The molecule has 0 unspecified atom stereocenters. The van der Waals surface area contributed by atoms with Gasteiger partial charge in [-0.05, 0) is 36.2 Å². The van der Waals surface area contributed by atoms with E-state index in [-0.39, 0.29) is 34.5 Å². The highest BCUT2D eigenvalue weighted by Gasteiger charge is 2.54. The molecule has 3 heterocycles. The van der Waals surface area contributed by atoms with Crippen molar-refractivity contribution in [1.82, 2.24) is 25.3 Å². The second kappa shape index (κ2) is 9.65. The fourth-order valence-electron chi connectivity index (χ4n) is 5.63. The number of nitrogens with one attached hydrogen (secondary N) is 2. The fraction of sp³-hybridized carbons (Fsp3) is 0.267. The largest absolute Gasteiger partial charge is 0.337 e. The summed E-state index contributed by atoms with van der Waals surface area (Å²) in [6.07, 6.45) is 0.341. The normalized spacial score (nSPS) is 16.5. The van der Waals surface area contributed by atoms with Gasteiger partial charge in [0.15, 0.2) is 0 Å².